The van der Waals surface area contributed by atoms with Gasteiger partial charge in [0.25, 0.3) is 0 Å². The van der Waals surface area contributed by atoms with E-state index in [0.29, 0.717) is 11.7 Å². The van der Waals surface area contributed by atoms with Crippen LogP contribution in [0.3, 0.4) is 0 Å². The summed E-state index contributed by atoms with van der Waals surface area (Å²) in [6, 6.07) is 5.18. The summed E-state index contributed by atoms with van der Waals surface area (Å²) < 4.78 is 0. The molecule has 1 rings (SSSR count). The molecule has 4 nitrogen and oxygen atoms in total. The van der Waals surface area contributed by atoms with Crippen molar-refractivity contribution in [2.75, 3.05) is 11.1 Å². The average Bonchev–Trinajstić information content (AvgIpc) is 2.30. The molecule has 0 aromatic heterocycles. The standard InChI is InChI=1S/C13H20N2O2/c1-3-5-10(4-2)15-12-7-6-9(13(16)17)8-11(12)14/h6-8,10,15H,3-5,14H2,1-2H3,(H,16,17). The number of nitrogens with two attached hydrogens (primary N) is 1. The zero-order valence-corrected chi connectivity index (χ0v) is 10.4. The van der Waals surface area contributed by atoms with Crippen molar-refractivity contribution < 1.29 is 9.90 Å². The predicted molar refractivity (Wildman–Crippen MR) is 70.4 cm³/mol. The van der Waals surface area contributed by atoms with Crippen molar-refractivity contribution in [1.82, 2.24) is 0 Å². The van der Waals surface area contributed by atoms with E-state index in [9.17, 15) is 4.79 Å². The molecular weight excluding hydrogens is 216 g/mol. The molecule has 0 saturated carbocycles. The van der Waals surface area contributed by atoms with Crippen molar-refractivity contribution >= 4 is 17.3 Å². The van der Waals surface area contributed by atoms with E-state index in [4.69, 9.17) is 10.8 Å². The maximum Gasteiger partial charge on any atom is 0.335 e. The van der Waals surface area contributed by atoms with E-state index in [1.165, 1.54) is 6.07 Å². The number of carboxylic acid groups (broad SMARTS) is 1. The van der Waals surface area contributed by atoms with Crippen LogP contribution in [0.15, 0.2) is 18.2 Å². The van der Waals surface area contributed by atoms with Gasteiger partial charge in [-0.1, -0.05) is 20.3 Å². The number of carbonyl (C=O) groups is 1. The zero-order valence-electron chi connectivity index (χ0n) is 10.4. The first-order chi connectivity index (χ1) is 8.08. The summed E-state index contributed by atoms with van der Waals surface area (Å²) in [7, 11) is 0. The summed E-state index contributed by atoms with van der Waals surface area (Å²) in [6.45, 7) is 4.26. The lowest BCUT2D eigenvalue weighted by atomic mass is 10.1. The minimum absolute atomic E-state index is 0.219. The first kappa shape index (κ1) is 13.4. The molecule has 0 aliphatic carbocycles. The smallest absolute Gasteiger partial charge is 0.335 e. The van der Waals surface area contributed by atoms with Crippen LogP contribution in [-0.2, 0) is 0 Å². The topological polar surface area (TPSA) is 75.3 Å². The second-order valence-electron chi connectivity index (χ2n) is 4.15. The lowest BCUT2D eigenvalue weighted by Gasteiger charge is -2.19. The molecule has 0 radical (unpaired) electrons. The van der Waals surface area contributed by atoms with Crippen molar-refractivity contribution in [2.24, 2.45) is 0 Å². The van der Waals surface area contributed by atoms with Gasteiger partial charge in [0.05, 0.1) is 16.9 Å². The van der Waals surface area contributed by atoms with Gasteiger partial charge in [0.1, 0.15) is 0 Å². The van der Waals surface area contributed by atoms with Crippen LogP contribution in [0.5, 0.6) is 0 Å². The first-order valence-electron chi connectivity index (χ1n) is 5.97. The number of hydrogen-bond donors (Lipinski definition) is 3. The van der Waals surface area contributed by atoms with E-state index in [0.717, 1.165) is 24.9 Å². The molecule has 4 N–H and O–H groups in total. The minimum atomic E-state index is -0.955. The molecule has 1 aromatic rings. The molecule has 17 heavy (non-hydrogen) atoms. The number of hydrogen-bond acceptors (Lipinski definition) is 3. The van der Waals surface area contributed by atoms with Gasteiger partial charge in [0.2, 0.25) is 0 Å². The maximum atomic E-state index is 10.8. The Kier molecular flexibility index (Phi) is 4.82. The molecule has 0 aliphatic rings. The Balaban J connectivity index is 2.81. The highest BCUT2D eigenvalue weighted by Crippen LogP contribution is 2.22. The maximum absolute atomic E-state index is 10.8. The lowest BCUT2D eigenvalue weighted by Crippen LogP contribution is -2.19. The van der Waals surface area contributed by atoms with Crippen molar-refractivity contribution in [3.63, 3.8) is 0 Å². The molecule has 0 bridgehead atoms. The van der Waals surface area contributed by atoms with Crippen LogP contribution in [0.1, 0.15) is 43.5 Å². The second-order valence-corrected chi connectivity index (χ2v) is 4.15. The Morgan fingerprint density at radius 2 is 2.18 bits per heavy atom. The molecule has 0 heterocycles. The van der Waals surface area contributed by atoms with E-state index in [1.807, 2.05) is 0 Å². The van der Waals surface area contributed by atoms with Crippen LogP contribution in [0.4, 0.5) is 11.4 Å². The molecule has 94 valence electrons. The molecule has 0 aliphatic heterocycles. The SMILES string of the molecule is CCCC(CC)Nc1ccc(C(=O)O)cc1N. The van der Waals surface area contributed by atoms with Crippen molar-refractivity contribution in [3.05, 3.63) is 23.8 Å². The van der Waals surface area contributed by atoms with Gasteiger partial charge in [-0.15, -0.1) is 0 Å². The normalized spacial score (nSPS) is 12.1. The third-order valence-corrected chi connectivity index (χ3v) is 2.79. The van der Waals surface area contributed by atoms with Gasteiger partial charge < -0.3 is 16.2 Å². The Labute approximate surface area is 102 Å². The summed E-state index contributed by atoms with van der Waals surface area (Å²) in [5, 5.41) is 12.2. The number of rotatable bonds is 6. The van der Waals surface area contributed by atoms with Gasteiger partial charge in [-0.25, -0.2) is 4.79 Å². The van der Waals surface area contributed by atoms with E-state index in [-0.39, 0.29) is 5.56 Å². The molecule has 0 amide bonds. The quantitative estimate of drug-likeness (QED) is 0.664. The van der Waals surface area contributed by atoms with E-state index < -0.39 is 5.97 Å². The van der Waals surface area contributed by atoms with E-state index >= 15 is 0 Å². The number of carboxylic acids is 1. The summed E-state index contributed by atoms with van der Waals surface area (Å²) in [6.07, 6.45) is 3.21. The number of nitrogen functional groups attached to an aromatic ring is 1. The van der Waals surface area contributed by atoms with Crippen molar-refractivity contribution in [3.8, 4) is 0 Å². The summed E-state index contributed by atoms with van der Waals surface area (Å²) >= 11 is 0. The highest BCUT2D eigenvalue weighted by atomic mass is 16.4. The zero-order chi connectivity index (χ0) is 12.8. The molecule has 1 aromatic carbocycles. The molecule has 0 spiro atoms. The fraction of sp³-hybridized carbons (Fsp3) is 0.462. The van der Waals surface area contributed by atoms with Crippen LogP contribution in [0, 0.1) is 0 Å². The summed E-state index contributed by atoms with van der Waals surface area (Å²) in [5.41, 5.74) is 7.35. The molecule has 0 fully saturated rings. The van der Waals surface area contributed by atoms with Gasteiger partial charge in [-0.3, -0.25) is 0 Å². The Morgan fingerprint density at radius 1 is 1.47 bits per heavy atom. The molecule has 1 atom stereocenters. The molecule has 1 unspecified atom stereocenters. The van der Waals surface area contributed by atoms with Crippen molar-refractivity contribution in [1.29, 1.82) is 0 Å². The number of benzene rings is 1. The van der Waals surface area contributed by atoms with Crippen LogP contribution >= 0.6 is 0 Å². The average molecular weight is 236 g/mol. The van der Waals surface area contributed by atoms with Crippen LogP contribution < -0.4 is 11.1 Å². The monoisotopic (exact) mass is 236 g/mol. The van der Waals surface area contributed by atoms with Gasteiger partial charge in [-0.2, -0.15) is 0 Å². The third-order valence-electron chi connectivity index (χ3n) is 2.79. The molecule has 0 saturated heterocycles. The van der Waals surface area contributed by atoms with Gasteiger partial charge >= 0.3 is 5.97 Å². The number of anilines is 2. The fourth-order valence-corrected chi connectivity index (χ4v) is 1.77. The van der Waals surface area contributed by atoms with Crippen LogP contribution in [0.25, 0.3) is 0 Å². The van der Waals surface area contributed by atoms with E-state index in [1.54, 1.807) is 12.1 Å². The number of aromatic carboxylic acids is 1. The summed E-state index contributed by atoms with van der Waals surface area (Å²) in [5.74, 6) is -0.955. The van der Waals surface area contributed by atoms with Crippen molar-refractivity contribution in [2.45, 2.75) is 39.2 Å². The Bertz CT molecular complexity index is 391. The van der Waals surface area contributed by atoms with Gasteiger partial charge in [0.15, 0.2) is 0 Å². The third kappa shape index (κ3) is 3.66. The fourth-order valence-electron chi connectivity index (χ4n) is 1.77. The Hall–Kier alpha value is -1.71. The molecule has 4 heteroatoms. The minimum Gasteiger partial charge on any atom is -0.478 e. The largest absolute Gasteiger partial charge is 0.478 e. The lowest BCUT2D eigenvalue weighted by molar-refractivity contribution is 0.0697. The highest BCUT2D eigenvalue weighted by Gasteiger charge is 2.09. The van der Waals surface area contributed by atoms with Gasteiger partial charge in [0, 0.05) is 6.04 Å². The van der Waals surface area contributed by atoms with Crippen LogP contribution in [0.2, 0.25) is 0 Å². The Morgan fingerprint density at radius 3 is 2.65 bits per heavy atom. The first-order valence-corrected chi connectivity index (χ1v) is 5.97. The molecular formula is C13H20N2O2. The predicted octanol–water partition coefficient (Wildman–Crippen LogP) is 2.96. The van der Waals surface area contributed by atoms with E-state index in [2.05, 4.69) is 19.2 Å². The second kappa shape index (κ2) is 6.13. The highest BCUT2D eigenvalue weighted by molar-refractivity contribution is 5.90. The summed E-state index contributed by atoms with van der Waals surface area (Å²) in [4.78, 5) is 10.8. The number of nitrogens with one attached hydrogen (secondary N) is 1. The van der Waals surface area contributed by atoms with Gasteiger partial charge in [-0.05, 0) is 31.0 Å². The van der Waals surface area contributed by atoms with Crippen LogP contribution in [-0.4, -0.2) is 17.1 Å².